The molecule has 0 spiro atoms. The molecule has 0 atom stereocenters. The second-order valence-corrected chi connectivity index (χ2v) is 14.9. The van der Waals surface area contributed by atoms with E-state index in [0.717, 1.165) is 38.4 Å². The third-order valence-corrected chi connectivity index (χ3v) is 13.1. The molecule has 0 radical (unpaired) electrons. The minimum atomic E-state index is -2.23. The Bertz CT molecular complexity index is 2270. The van der Waals surface area contributed by atoms with Crippen molar-refractivity contribution >= 4 is 77.1 Å². The highest BCUT2D eigenvalue weighted by Crippen LogP contribution is 2.44. The van der Waals surface area contributed by atoms with Gasteiger partial charge in [0.25, 0.3) is 0 Å². The van der Waals surface area contributed by atoms with Crippen LogP contribution in [0.25, 0.3) is 54.6 Å². The SMILES string of the molecule is S=P(c1ccccc1)(c1ccccc1)c1ccc(-c2nc3ccccc3c3c2ccc2ccc4cccnc4c23)cc1. The highest BCUT2D eigenvalue weighted by Gasteiger charge is 2.25. The molecule has 0 aliphatic carbocycles. The smallest absolute Gasteiger partial charge is 0.0788 e. The Hall–Kier alpha value is -4.69. The average Bonchev–Trinajstić information content (AvgIpc) is 3.08. The average molecular weight is 573 g/mol. The van der Waals surface area contributed by atoms with Crippen LogP contribution in [0.2, 0.25) is 0 Å². The highest BCUT2D eigenvalue weighted by atomic mass is 32.4. The third-order valence-electron chi connectivity index (χ3n) is 8.16. The van der Waals surface area contributed by atoms with Crippen LogP contribution in [0.1, 0.15) is 0 Å². The van der Waals surface area contributed by atoms with E-state index in [2.05, 4.69) is 140 Å². The number of hydrogen-bond donors (Lipinski definition) is 0. The molecule has 0 unspecified atom stereocenters. The molecule has 2 aromatic heterocycles. The Morgan fingerprint density at radius 1 is 0.476 bits per heavy atom. The van der Waals surface area contributed by atoms with E-state index in [1.807, 2.05) is 12.3 Å². The van der Waals surface area contributed by atoms with E-state index in [4.69, 9.17) is 21.8 Å². The molecule has 6 aromatic carbocycles. The number of aromatic nitrogens is 2. The van der Waals surface area contributed by atoms with Crippen molar-refractivity contribution in [3.8, 4) is 11.3 Å². The van der Waals surface area contributed by atoms with Gasteiger partial charge in [-0.15, -0.1) is 0 Å². The lowest BCUT2D eigenvalue weighted by Crippen LogP contribution is -2.24. The van der Waals surface area contributed by atoms with Gasteiger partial charge in [-0.05, 0) is 33.4 Å². The molecule has 4 heteroatoms. The molecule has 0 N–H and O–H groups in total. The molecule has 198 valence electrons. The molecule has 0 aliphatic rings. The number of fused-ring (bicyclic) bond motifs is 7. The number of pyridine rings is 2. The van der Waals surface area contributed by atoms with Gasteiger partial charge in [-0.3, -0.25) is 4.98 Å². The number of nitrogens with zero attached hydrogens (tertiary/aromatic N) is 2. The van der Waals surface area contributed by atoms with Gasteiger partial charge < -0.3 is 0 Å². The number of para-hydroxylation sites is 1. The standard InChI is InChI=1S/C38H25N2PS/c42-41(29-11-3-1-4-12-29,30-13-5-2-6-14-30)31-22-19-28(20-23-31)37-33-24-21-26-17-18-27-10-9-25-39-38(27)35(26)36(33)32-15-7-8-16-34(32)40-37/h1-25H. The normalized spacial score (nSPS) is 11.9. The largest absolute Gasteiger partial charge is 0.256 e. The molecule has 0 amide bonds. The summed E-state index contributed by atoms with van der Waals surface area (Å²) >= 11 is 6.59. The van der Waals surface area contributed by atoms with Gasteiger partial charge in [0.05, 0.1) is 16.7 Å². The van der Waals surface area contributed by atoms with Gasteiger partial charge in [0.15, 0.2) is 0 Å². The Balaban J connectivity index is 1.38. The lowest BCUT2D eigenvalue weighted by molar-refractivity contribution is 1.42. The van der Waals surface area contributed by atoms with Gasteiger partial charge in [0.2, 0.25) is 0 Å². The summed E-state index contributed by atoms with van der Waals surface area (Å²) in [4.78, 5) is 10.1. The zero-order valence-corrected chi connectivity index (χ0v) is 24.4. The van der Waals surface area contributed by atoms with Gasteiger partial charge in [-0.2, -0.15) is 0 Å². The molecule has 2 nitrogen and oxygen atoms in total. The molecule has 8 rings (SSSR count). The second-order valence-electron chi connectivity index (χ2n) is 10.5. The zero-order valence-electron chi connectivity index (χ0n) is 22.7. The van der Waals surface area contributed by atoms with E-state index >= 15 is 0 Å². The van der Waals surface area contributed by atoms with E-state index in [1.54, 1.807) is 0 Å². The van der Waals surface area contributed by atoms with Crippen molar-refractivity contribution in [3.63, 3.8) is 0 Å². The maximum absolute atomic E-state index is 6.59. The summed E-state index contributed by atoms with van der Waals surface area (Å²) in [5.41, 5.74) is 4.04. The molecule has 8 aromatic rings. The van der Waals surface area contributed by atoms with Crippen molar-refractivity contribution in [3.05, 3.63) is 152 Å². The summed E-state index contributed by atoms with van der Waals surface area (Å²) in [6.45, 7) is 0. The van der Waals surface area contributed by atoms with Gasteiger partial charge in [-0.1, -0.05) is 145 Å². The molecule has 42 heavy (non-hydrogen) atoms. The van der Waals surface area contributed by atoms with Crippen LogP contribution in [0.4, 0.5) is 0 Å². The summed E-state index contributed by atoms with van der Waals surface area (Å²) in [6, 6.07) is 49.1. The van der Waals surface area contributed by atoms with Crippen LogP contribution in [-0.2, 0) is 11.8 Å². The van der Waals surface area contributed by atoms with Crippen LogP contribution >= 0.6 is 6.04 Å². The summed E-state index contributed by atoms with van der Waals surface area (Å²) in [5, 5.41) is 10.5. The summed E-state index contributed by atoms with van der Waals surface area (Å²) in [7, 11) is 0. The first-order chi connectivity index (χ1) is 20.7. The van der Waals surface area contributed by atoms with Gasteiger partial charge in [0.1, 0.15) is 0 Å². The zero-order chi connectivity index (χ0) is 28.1. The predicted molar refractivity (Wildman–Crippen MR) is 184 cm³/mol. The number of hydrogen-bond acceptors (Lipinski definition) is 3. The van der Waals surface area contributed by atoms with E-state index < -0.39 is 6.04 Å². The molecule has 0 aliphatic heterocycles. The van der Waals surface area contributed by atoms with Crippen LogP contribution < -0.4 is 15.9 Å². The van der Waals surface area contributed by atoms with Crippen molar-refractivity contribution in [1.82, 2.24) is 9.97 Å². The summed E-state index contributed by atoms with van der Waals surface area (Å²) < 4.78 is 0. The maximum Gasteiger partial charge on any atom is 0.0788 e. The van der Waals surface area contributed by atoms with E-state index in [0.29, 0.717) is 0 Å². The van der Waals surface area contributed by atoms with Crippen molar-refractivity contribution in [1.29, 1.82) is 0 Å². The Morgan fingerprint density at radius 2 is 1.10 bits per heavy atom. The first kappa shape index (κ1) is 25.1. The van der Waals surface area contributed by atoms with Crippen LogP contribution in [0, 0.1) is 0 Å². The fraction of sp³-hybridized carbons (Fsp3) is 0. The number of benzene rings is 6. The van der Waals surface area contributed by atoms with Crippen molar-refractivity contribution in [2.45, 2.75) is 0 Å². The van der Waals surface area contributed by atoms with Crippen LogP contribution in [0.3, 0.4) is 0 Å². The minimum absolute atomic E-state index is 0.970. The Kier molecular flexibility index (Phi) is 5.96. The van der Waals surface area contributed by atoms with E-state index in [1.165, 1.54) is 32.1 Å². The lowest BCUT2D eigenvalue weighted by atomic mass is 9.94. The molecule has 2 heterocycles. The van der Waals surface area contributed by atoms with E-state index in [9.17, 15) is 0 Å². The first-order valence-electron chi connectivity index (χ1n) is 14.0. The molecule has 0 fully saturated rings. The second kappa shape index (κ2) is 9.99. The molecule has 0 saturated heterocycles. The Labute approximate surface area is 249 Å². The van der Waals surface area contributed by atoms with Crippen molar-refractivity contribution in [2.24, 2.45) is 0 Å². The van der Waals surface area contributed by atoms with Gasteiger partial charge in [-0.25, -0.2) is 4.98 Å². The Morgan fingerprint density at radius 3 is 1.83 bits per heavy atom. The molecular formula is C38H25N2PS. The van der Waals surface area contributed by atoms with Gasteiger partial charge >= 0.3 is 0 Å². The summed E-state index contributed by atoms with van der Waals surface area (Å²) in [5.74, 6) is 0. The maximum atomic E-state index is 6.59. The quantitative estimate of drug-likeness (QED) is 0.156. The van der Waals surface area contributed by atoms with Crippen LogP contribution in [0.5, 0.6) is 0 Å². The van der Waals surface area contributed by atoms with Crippen molar-refractivity contribution < 1.29 is 0 Å². The monoisotopic (exact) mass is 572 g/mol. The molecule has 0 saturated carbocycles. The molecular weight excluding hydrogens is 547 g/mol. The van der Waals surface area contributed by atoms with Crippen molar-refractivity contribution in [2.75, 3.05) is 0 Å². The predicted octanol–water partition coefficient (Wildman–Crippen LogP) is 8.51. The highest BCUT2D eigenvalue weighted by molar-refractivity contribution is 8.25. The topological polar surface area (TPSA) is 25.8 Å². The van der Waals surface area contributed by atoms with E-state index in [-0.39, 0.29) is 0 Å². The summed E-state index contributed by atoms with van der Waals surface area (Å²) in [6.07, 6.45) is 1.88. The van der Waals surface area contributed by atoms with Crippen LogP contribution in [0.15, 0.2) is 152 Å². The number of rotatable bonds is 4. The van der Waals surface area contributed by atoms with Crippen LogP contribution in [-0.4, -0.2) is 9.97 Å². The fourth-order valence-electron chi connectivity index (χ4n) is 6.17. The molecule has 0 bridgehead atoms. The third kappa shape index (κ3) is 3.89. The minimum Gasteiger partial charge on any atom is -0.256 e. The lowest BCUT2D eigenvalue weighted by Gasteiger charge is -2.24. The van der Waals surface area contributed by atoms with Gasteiger partial charge in [0, 0.05) is 44.7 Å². The first-order valence-corrected chi connectivity index (χ1v) is 16.8. The fourth-order valence-corrected chi connectivity index (χ4v) is 9.91.